The fourth-order valence-electron chi connectivity index (χ4n) is 1.26. The Morgan fingerprint density at radius 2 is 2.12 bits per heavy atom. The molecule has 0 spiro atoms. The SMILES string of the molecule is CSC[C@H](NCc1ccc(N)cc1)C(=O)O. The van der Waals surface area contributed by atoms with Crippen LogP contribution in [0.4, 0.5) is 5.69 Å². The molecule has 0 bridgehead atoms. The summed E-state index contributed by atoms with van der Waals surface area (Å²) in [5.74, 6) is -0.255. The van der Waals surface area contributed by atoms with E-state index in [-0.39, 0.29) is 0 Å². The number of hydrogen-bond donors (Lipinski definition) is 3. The minimum absolute atomic E-state index is 0.507. The molecule has 1 aromatic rings. The number of carboxylic acid groups (broad SMARTS) is 1. The molecule has 1 atom stereocenters. The van der Waals surface area contributed by atoms with E-state index in [0.717, 1.165) is 5.56 Å². The van der Waals surface area contributed by atoms with Crippen molar-refractivity contribution >= 4 is 23.4 Å². The highest BCUT2D eigenvalue weighted by Gasteiger charge is 2.15. The zero-order valence-electron chi connectivity index (χ0n) is 9.14. The van der Waals surface area contributed by atoms with Crippen molar-refractivity contribution in [2.45, 2.75) is 12.6 Å². The summed E-state index contributed by atoms with van der Waals surface area (Å²) in [7, 11) is 0. The van der Waals surface area contributed by atoms with Crippen molar-refractivity contribution in [1.29, 1.82) is 0 Å². The summed E-state index contributed by atoms with van der Waals surface area (Å²) in [4.78, 5) is 10.9. The lowest BCUT2D eigenvalue weighted by molar-refractivity contribution is -0.138. The molecular weight excluding hydrogens is 224 g/mol. The first-order valence-electron chi connectivity index (χ1n) is 4.93. The van der Waals surface area contributed by atoms with Crippen LogP contribution >= 0.6 is 11.8 Å². The Hall–Kier alpha value is -1.20. The van der Waals surface area contributed by atoms with Gasteiger partial charge in [-0.3, -0.25) is 10.1 Å². The van der Waals surface area contributed by atoms with Crippen LogP contribution in [0.15, 0.2) is 24.3 Å². The number of rotatable bonds is 6. The van der Waals surface area contributed by atoms with Crippen LogP contribution in [0.2, 0.25) is 0 Å². The van der Waals surface area contributed by atoms with E-state index in [0.29, 0.717) is 18.0 Å². The smallest absolute Gasteiger partial charge is 0.321 e. The molecule has 5 heteroatoms. The molecular formula is C11H16N2O2S. The Morgan fingerprint density at radius 3 is 2.62 bits per heavy atom. The minimum Gasteiger partial charge on any atom is -0.480 e. The first-order chi connectivity index (χ1) is 7.63. The quantitative estimate of drug-likeness (QED) is 0.651. The third kappa shape index (κ3) is 4.12. The zero-order valence-corrected chi connectivity index (χ0v) is 9.96. The lowest BCUT2D eigenvalue weighted by Crippen LogP contribution is -2.38. The Morgan fingerprint density at radius 1 is 1.50 bits per heavy atom. The maximum atomic E-state index is 10.9. The van der Waals surface area contributed by atoms with Gasteiger partial charge in [-0.2, -0.15) is 11.8 Å². The van der Waals surface area contributed by atoms with Gasteiger partial charge in [0.1, 0.15) is 6.04 Å². The van der Waals surface area contributed by atoms with E-state index in [2.05, 4.69) is 5.32 Å². The highest BCUT2D eigenvalue weighted by molar-refractivity contribution is 7.98. The van der Waals surface area contributed by atoms with Crippen LogP contribution in [-0.4, -0.2) is 29.1 Å². The van der Waals surface area contributed by atoms with Crippen LogP contribution in [0.25, 0.3) is 0 Å². The second kappa shape index (κ2) is 6.40. The second-order valence-corrected chi connectivity index (χ2v) is 4.38. The number of benzene rings is 1. The summed E-state index contributed by atoms with van der Waals surface area (Å²) in [6.45, 7) is 0.539. The van der Waals surface area contributed by atoms with Gasteiger partial charge in [-0.15, -0.1) is 0 Å². The fraction of sp³-hybridized carbons (Fsp3) is 0.364. The number of anilines is 1. The predicted molar refractivity (Wildman–Crippen MR) is 67.5 cm³/mol. The van der Waals surface area contributed by atoms with Crippen molar-refractivity contribution in [3.63, 3.8) is 0 Å². The molecule has 88 valence electrons. The predicted octanol–water partition coefficient (Wildman–Crippen LogP) is 1.17. The Labute approximate surface area is 99.2 Å². The van der Waals surface area contributed by atoms with Crippen LogP contribution in [0.1, 0.15) is 5.56 Å². The molecule has 16 heavy (non-hydrogen) atoms. The van der Waals surface area contributed by atoms with E-state index in [4.69, 9.17) is 10.8 Å². The third-order valence-corrected chi connectivity index (χ3v) is 2.83. The van der Waals surface area contributed by atoms with Crippen molar-refractivity contribution in [3.8, 4) is 0 Å². The van der Waals surface area contributed by atoms with Gasteiger partial charge in [0, 0.05) is 18.0 Å². The summed E-state index contributed by atoms with van der Waals surface area (Å²) in [6.07, 6.45) is 1.89. The average molecular weight is 240 g/mol. The number of nitrogens with two attached hydrogens (primary N) is 1. The number of nitrogens with one attached hydrogen (secondary N) is 1. The van der Waals surface area contributed by atoms with Crippen molar-refractivity contribution in [2.75, 3.05) is 17.7 Å². The molecule has 1 rings (SSSR count). The summed E-state index contributed by atoms with van der Waals surface area (Å²) >= 11 is 1.51. The molecule has 0 radical (unpaired) electrons. The lowest BCUT2D eigenvalue weighted by Gasteiger charge is -2.13. The molecule has 0 aliphatic carbocycles. The number of hydrogen-bond acceptors (Lipinski definition) is 4. The molecule has 4 nitrogen and oxygen atoms in total. The Balaban J connectivity index is 2.48. The molecule has 4 N–H and O–H groups in total. The molecule has 0 aromatic heterocycles. The summed E-state index contributed by atoms with van der Waals surface area (Å²) in [5, 5.41) is 11.9. The monoisotopic (exact) mass is 240 g/mol. The van der Waals surface area contributed by atoms with Gasteiger partial charge in [0.2, 0.25) is 0 Å². The Kier molecular flexibility index (Phi) is 5.14. The number of carboxylic acids is 1. The number of aliphatic carboxylic acids is 1. The van der Waals surface area contributed by atoms with E-state index in [1.165, 1.54) is 11.8 Å². The van der Waals surface area contributed by atoms with Crippen LogP contribution in [0.3, 0.4) is 0 Å². The van der Waals surface area contributed by atoms with E-state index < -0.39 is 12.0 Å². The van der Waals surface area contributed by atoms with Gasteiger partial charge in [0.05, 0.1) is 0 Å². The second-order valence-electron chi connectivity index (χ2n) is 3.47. The molecule has 1 aromatic carbocycles. The Bertz CT molecular complexity index is 340. The van der Waals surface area contributed by atoms with Gasteiger partial charge >= 0.3 is 5.97 Å². The van der Waals surface area contributed by atoms with Crippen molar-refractivity contribution in [1.82, 2.24) is 5.32 Å². The van der Waals surface area contributed by atoms with Gasteiger partial charge in [-0.05, 0) is 24.0 Å². The van der Waals surface area contributed by atoms with Gasteiger partial charge in [-0.25, -0.2) is 0 Å². The summed E-state index contributed by atoms with van der Waals surface area (Å²) in [6, 6.07) is 6.89. The van der Waals surface area contributed by atoms with E-state index in [1.807, 2.05) is 18.4 Å². The zero-order chi connectivity index (χ0) is 12.0. The molecule has 0 saturated carbocycles. The molecule has 0 amide bonds. The first-order valence-corrected chi connectivity index (χ1v) is 6.32. The number of thioether (sulfide) groups is 1. The number of nitrogen functional groups attached to an aromatic ring is 1. The fourth-order valence-corrected chi connectivity index (χ4v) is 1.85. The van der Waals surface area contributed by atoms with E-state index in [1.54, 1.807) is 12.1 Å². The third-order valence-electron chi connectivity index (χ3n) is 2.16. The molecule has 0 fully saturated rings. The highest BCUT2D eigenvalue weighted by Crippen LogP contribution is 2.06. The normalized spacial score (nSPS) is 12.3. The highest BCUT2D eigenvalue weighted by atomic mass is 32.2. The molecule has 0 aliphatic rings. The van der Waals surface area contributed by atoms with Crippen LogP contribution in [0.5, 0.6) is 0 Å². The first kappa shape index (κ1) is 12.9. The standard InChI is InChI=1S/C11H16N2O2S/c1-16-7-10(11(14)15)13-6-8-2-4-9(12)5-3-8/h2-5,10,13H,6-7,12H2,1H3,(H,14,15)/t10-/m0/s1. The molecule has 0 heterocycles. The summed E-state index contributed by atoms with van der Waals surface area (Å²) < 4.78 is 0. The van der Waals surface area contributed by atoms with Crippen molar-refractivity contribution in [2.24, 2.45) is 0 Å². The molecule has 0 aliphatic heterocycles. The average Bonchev–Trinajstić information content (AvgIpc) is 2.26. The lowest BCUT2D eigenvalue weighted by atomic mass is 10.2. The van der Waals surface area contributed by atoms with Crippen LogP contribution in [-0.2, 0) is 11.3 Å². The van der Waals surface area contributed by atoms with Crippen molar-refractivity contribution < 1.29 is 9.90 Å². The molecule has 0 saturated heterocycles. The van der Waals surface area contributed by atoms with Gasteiger partial charge in [0.15, 0.2) is 0 Å². The van der Waals surface area contributed by atoms with Crippen LogP contribution < -0.4 is 11.1 Å². The number of carbonyl (C=O) groups is 1. The van der Waals surface area contributed by atoms with Gasteiger partial charge in [0.25, 0.3) is 0 Å². The van der Waals surface area contributed by atoms with Gasteiger partial charge < -0.3 is 10.8 Å². The van der Waals surface area contributed by atoms with E-state index in [9.17, 15) is 4.79 Å². The summed E-state index contributed by atoms with van der Waals surface area (Å²) in [5.41, 5.74) is 7.30. The maximum absolute atomic E-state index is 10.9. The molecule has 0 unspecified atom stereocenters. The topological polar surface area (TPSA) is 75.3 Å². The van der Waals surface area contributed by atoms with E-state index >= 15 is 0 Å². The maximum Gasteiger partial charge on any atom is 0.321 e. The minimum atomic E-state index is -0.815. The largest absolute Gasteiger partial charge is 0.480 e. The van der Waals surface area contributed by atoms with Crippen molar-refractivity contribution in [3.05, 3.63) is 29.8 Å². The van der Waals surface area contributed by atoms with Crippen LogP contribution in [0, 0.1) is 0 Å². The van der Waals surface area contributed by atoms with Gasteiger partial charge in [-0.1, -0.05) is 12.1 Å².